The molecular formula is C12H16N2. The Morgan fingerprint density at radius 1 is 1.21 bits per heavy atom. The number of hydrogen-bond acceptors (Lipinski definition) is 2. The predicted octanol–water partition coefficient (Wildman–Crippen LogP) is 1.99. The quantitative estimate of drug-likeness (QED) is 0.665. The van der Waals surface area contributed by atoms with E-state index in [1.54, 1.807) is 0 Å². The van der Waals surface area contributed by atoms with E-state index in [1.807, 2.05) is 0 Å². The second-order valence-corrected chi connectivity index (χ2v) is 3.98. The summed E-state index contributed by atoms with van der Waals surface area (Å²) in [7, 11) is 6.28. The van der Waals surface area contributed by atoms with E-state index in [0.29, 0.717) is 0 Å². The Bertz CT molecular complexity index is 366. The van der Waals surface area contributed by atoms with E-state index in [-0.39, 0.29) is 0 Å². The Labute approximate surface area is 85.4 Å². The Balaban J connectivity index is 2.50. The van der Waals surface area contributed by atoms with Crippen LogP contribution in [-0.4, -0.2) is 30.9 Å². The Morgan fingerprint density at radius 2 is 1.93 bits per heavy atom. The van der Waals surface area contributed by atoms with Gasteiger partial charge in [-0.1, -0.05) is 24.3 Å². The first-order valence-electron chi connectivity index (χ1n) is 4.86. The Kier molecular flexibility index (Phi) is 2.20. The SMILES string of the molecule is CN1C=C(N(C)C)c2ccccc2C1. The molecule has 0 N–H and O–H groups in total. The number of nitrogens with zero attached hydrogens (tertiary/aromatic N) is 2. The second-order valence-electron chi connectivity index (χ2n) is 3.98. The third-order valence-electron chi connectivity index (χ3n) is 2.54. The summed E-state index contributed by atoms with van der Waals surface area (Å²) < 4.78 is 0. The number of rotatable bonds is 1. The molecule has 1 heterocycles. The van der Waals surface area contributed by atoms with Crippen LogP contribution in [0.5, 0.6) is 0 Å². The first-order valence-corrected chi connectivity index (χ1v) is 4.86. The van der Waals surface area contributed by atoms with Gasteiger partial charge in [0.2, 0.25) is 0 Å². The molecule has 2 nitrogen and oxygen atoms in total. The van der Waals surface area contributed by atoms with Crippen molar-refractivity contribution in [2.24, 2.45) is 0 Å². The molecule has 0 amide bonds. The molecule has 0 bridgehead atoms. The third-order valence-corrected chi connectivity index (χ3v) is 2.54. The number of benzene rings is 1. The molecule has 74 valence electrons. The van der Waals surface area contributed by atoms with Gasteiger partial charge >= 0.3 is 0 Å². The molecule has 1 aliphatic rings. The zero-order chi connectivity index (χ0) is 10.1. The van der Waals surface area contributed by atoms with Gasteiger partial charge in [-0.2, -0.15) is 0 Å². The van der Waals surface area contributed by atoms with E-state index >= 15 is 0 Å². The lowest BCUT2D eigenvalue weighted by Crippen LogP contribution is -2.22. The molecule has 0 fully saturated rings. The van der Waals surface area contributed by atoms with Gasteiger partial charge in [-0.25, -0.2) is 0 Å². The fourth-order valence-electron chi connectivity index (χ4n) is 1.86. The number of hydrogen-bond donors (Lipinski definition) is 0. The lowest BCUT2D eigenvalue weighted by Gasteiger charge is -2.29. The molecule has 2 rings (SSSR count). The van der Waals surface area contributed by atoms with E-state index in [9.17, 15) is 0 Å². The van der Waals surface area contributed by atoms with Gasteiger partial charge in [0.15, 0.2) is 0 Å². The van der Waals surface area contributed by atoms with Crippen LogP contribution >= 0.6 is 0 Å². The maximum Gasteiger partial charge on any atom is 0.0599 e. The highest BCUT2D eigenvalue weighted by Gasteiger charge is 2.15. The Hall–Kier alpha value is -1.44. The summed E-state index contributed by atoms with van der Waals surface area (Å²) in [5.41, 5.74) is 4.05. The highest BCUT2D eigenvalue weighted by atomic mass is 15.1. The predicted molar refractivity (Wildman–Crippen MR) is 59.6 cm³/mol. The summed E-state index contributed by atoms with van der Waals surface area (Å²) in [5.74, 6) is 0. The van der Waals surface area contributed by atoms with Crippen molar-refractivity contribution < 1.29 is 0 Å². The van der Waals surface area contributed by atoms with Crippen LogP contribution < -0.4 is 0 Å². The van der Waals surface area contributed by atoms with Crippen LogP contribution in [0.1, 0.15) is 11.1 Å². The van der Waals surface area contributed by atoms with E-state index in [4.69, 9.17) is 0 Å². The molecule has 2 heteroatoms. The van der Waals surface area contributed by atoms with Crippen LogP contribution in [0.4, 0.5) is 0 Å². The molecule has 0 saturated heterocycles. The van der Waals surface area contributed by atoms with E-state index < -0.39 is 0 Å². The lowest BCUT2D eigenvalue weighted by atomic mass is 10.0. The fraction of sp³-hybridized carbons (Fsp3) is 0.333. The minimum Gasteiger partial charge on any atom is -0.376 e. The topological polar surface area (TPSA) is 6.48 Å². The zero-order valence-electron chi connectivity index (χ0n) is 8.99. The smallest absolute Gasteiger partial charge is 0.0599 e. The van der Waals surface area contributed by atoms with Gasteiger partial charge in [0.05, 0.1) is 5.70 Å². The maximum atomic E-state index is 2.22. The van der Waals surface area contributed by atoms with Crippen LogP contribution in [0.15, 0.2) is 30.5 Å². The van der Waals surface area contributed by atoms with Crippen molar-refractivity contribution in [3.05, 3.63) is 41.6 Å². The van der Waals surface area contributed by atoms with Crippen LogP contribution in [0.2, 0.25) is 0 Å². The maximum absolute atomic E-state index is 2.22. The summed E-state index contributed by atoms with van der Waals surface area (Å²) in [5, 5.41) is 0. The van der Waals surface area contributed by atoms with Crippen LogP contribution in [0.3, 0.4) is 0 Å². The fourth-order valence-corrected chi connectivity index (χ4v) is 1.86. The van der Waals surface area contributed by atoms with Crippen molar-refractivity contribution in [3.8, 4) is 0 Å². The third kappa shape index (κ3) is 1.48. The molecular weight excluding hydrogens is 172 g/mol. The molecule has 1 aromatic rings. The van der Waals surface area contributed by atoms with Gasteiger partial charge in [0.1, 0.15) is 0 Å². The summed E-state index contributed by atoms with van der Waals surface area (Å²) in [6.45, 7) is 1.01. The number of fused-ring (bicyclic) bond motifs is 1. The van der Waals surface area contributed by atoms with Crippen molar-refractivity contribution in [2.75, 3.05) is 21.1 Å². The normalized spacial score (nSPS) is 14.8. The highest BCUT2D eigenvalue weighted by molar-refractivity contribution is 5.67. The minimum absolute atomic E-state index is 1.01. The average molecular weight is 188 g/mol. The molecule has 1 aromatic carbocycles. The van der Waals surface area contributed by atoms with Crippen molar-refractivity contribution in [2.45, 2.75) is 6.54 Å². The minimum atomic E-state index is 1.01. The van der Waals surface area contributed by atoms with Gasteiger partial charge in [-0.15, -0.1) is 0 Å². The van der Waals surface area contributed by atoms with Crippen molar-refractivity contribution in [1.29, 1.82) is 0 Å². The lowest BCUT2D eigenvalue weighted by molar-refractivity contribution is 0.430. The Morgan fingerprint density at radius 3 is 2.64 bits per heavy atom. The molecule has 0 unspecified atom stereocenters. The van der Waals surface area contributed by atoms with Crippen LogP contribution in [0, 0.1) is 0 Å². The summed E-state index contributed by atoms with van der Waals surface area (Å²) >= 11 is 0. The highest BCUT2D eigenvalue weighted by Crippen LogP contribution is 2.26. The summed E-state index contributed by atoms with van der Waals surface area (Å²) in [4.78, 5) is 4.38. The molecule has 0 atom stereocenters. The van der Waals surface area contributed by atoms with Gasteiger partial charge in [-0.05, 0) is 5.56 Å². The molecule has 0 spiro atoms. The first-order chi connectivity index (χ1) is 6.68. The monoisotopic (exact) mass is 188 g/mol. The standard InChI is InChI=1S/C12H16N2/c1-13(2)12-9-14(3)8-10-6-4-5-7-11(10)12/h4-7,9H,8H2,1-3H3. The van der Waals surface area contributed by atoms with Crippen LogP contribution in [0.25, 0.3) is 5.70 Å². The second kappa shape index (κ2) is 3.37. The largest absolute Gasteiger partial charge is 0.376 e. The first kappa shape index (κ1) is 9.13. The molecule has 0 aromatic heterocycles. The van der Waals surface area contributed by atoms with Crippen LogP contribution in [-0.2, 0) is 6.54 Å². The zero-order valence-corrected chi connectivity index (χ0v) is 8.99. The van der Waals surface area contributed by atoms with Crippen molar-refractivity contribution in [3.63, 3.8) is 0 Å². The summed E-state index contributed by atoms with van der Waals surface area (Å²) in [6, 6.07) is 8.59. The molecule has 1 aliphatic heterocycles. The van der Waals surface area contributed by atoms with E-state index in [2.05, 4.69) is 61.4 Å². The van der Waals surface area contributed by atoms with Crippen molar-refractivity contribution >= 4 is 5.70 Å². The molecule has 0 radical (unpaired) electrons. The molecule has 0 aliphatic carbocycles. The van der Waals surface area contributed by atoms with E-state index in [0.717, 1.165) is 6.54 Å². The van der Waals surface area contributed by atoms with Gasteiger partial charge in [-0.3, -0.25) is 0 Å². The molecule has 0 saturated carbocycles. The van der Waals surface area contributed by atoms with Gasteiger partial charge < -0.3 is 9.80 Å². The van der Waals surface area contributed by atoms with Gasteiger partial charge in [0, 0.05) is 39.5 Å². The van der Waals surface area contributed by atoms with Gasteiger partial charge in [0.25, 0.3) is 0 Å². The van der Waals surface area contributed by atoms with Crippen molar-refractivity contribution in [1.82, 2.24) is 9.80 Å². The van der Waals surface area contributed by atoms with E-state index in [1.165, 1.54) is 16.8 Å². The summed E-state index contributed by atoms with van der Waals surface area (Å²) in [6.07, 6.45) is 2.20. The molecule has 14 heavy (non-hydrogen) atoms. The average Bonchev–Trinajstić information content (AvgIpc) is 2.16.